The van der Waals surface area contributed by atoms with Crippen molar-refractivity contribution in [2.24, 2.45) is 28.2 Å². The number of guanidine groups is 1. The minimum absolute atomic E-state index is 0.121. The summed E-state index contributed by atoms with van der Waals surface area (Å²) < 4.78 is 15.9. The fourth-order valence-corrected chi connectivity index (χ4v) is 7.79. The van der Waals surface area contributed by atoms with Gasteiger partial charge >= 0.3 is 0 Å². The Kier molecular flexibility index (Phi) is 7.62. The molecule has 3 aromatic rings. The molecule has 7 rings (SSSR count). The van der Waals surface area contributed by atoms with Crippen LogP contribution in [0.5, 0.6) is 0 Å². The Labute approximate surface area is 248 Å². The quantitative estimate of drug-likeness (QED) is 0.316. The van der Waals surface area contributed by atoms with E-state index in [1.165, 1.54) is 18.9 Å². The minimum Gasteiger partial charge on any atom is -0.353 e. The van der Waals surface area contributed by atoms with Crippen LogP contribution < -0.4 is 16.2 Å². The van der Waals surface area contributed by atoms with Gasteiger partial charge in [-0.25, -0.2) is 14.4 Å². The van der Waals surface area contributed by atoms with Crippen LogP contribution in [0.2, 0.25) is 0 Å². The lowest BCUT2D eigenvalue weighted by molar-refractivity contribution is -0.112. The molecule has 4 aliphatic rings. The van der Waals surface area contributed by atoms with Crippen molar-refractivity contribution in [2.45, 2.75) is 85.5 Å². The van der Waals surface area contributed by atoms with Gasteiger partial charge in [0.05, 0.1) is 22.9 Å². The molecule has 1 aliphatic heterocycles. The Morgan fingerprint density at radius 1 is 1.12 bits per heavy atom. The normalized spacial score (nSPS) is 28.9. The number of halogens is 1. The van der Waals surface area contributed by atoms with Crippen LogP contribution >= 0.6 is 0 Å². The van der Waals surface area contributed by atoms with Gasteiger partial charge in [0, 0.05) is 37.8 Å². The largest absolute Gasteiger partial charge is 0.353 e. The SMILES string of the molecule is Cc1ccc(CCn2cnc3cc(N=C(N[C@H]4C[C@@H]5C[C@@H]([C@H]4C)C5(C)C)N4C[C@@H](C)N[C@@H](C)C4)ccc3c2=O)c(F)c1. The fraction of sp³-hybridized carbons (Fsp3) is 0.559. The molecule has 4 fully saturated rings. The molecule has 8 heteroatoms. The highest BCUT2D eigenvalue weighted by atomic mass is 19.1. The van der Waals surface area contributed by atoms with E-state index in [1.807, 2.05) is 31.2 Å². The molecule has 0 radical (unpaired) electrons. The number of rotatable bonds is 5. The molecule has 7 nitrogen and oxygen atoms in total. The summed E-state index contributed by atoms with van der Waals surface area (Å²) in [7, 11) is 0. The van der Waals surface area contributed by atoms with Crippen molar-refractivity contribution in [3.63, 3.8) is 0 Å². The maximum Gasteiger partial charge on any atom is 0.261 e. The van der Waals surface area contributed by atoms with Gasteiger partial charge in [-0.05, 0) is 98.6 Å². The van der Waals surface area contributed by atoms with Crippen LogP contribution in [-0.4, -0.2) is 51.6 Å². The van der Waals surface area contributed by atoms with E-state index in [0.717, 1.165) is 42.1 Å². The first kappa shape index (κ1) is 28.8. The molecule has 2 bridgehead atoms. The van der Waals surface area contributed by atoms with Gasteiger partial charge in [0.15, 0.2) is 5.96 Å². The van der Waals surface area contributed by atoms with E-state index in [-0.39, 0.29) is 11.4 Å². The van der Waals surface area contributed by atoms with E-state index in [1.54, 1.807) is 17.0 Å². The number of aryl methyl sites for hydroxylation is 3. The van der Waals surface area contributed by atoms with Crippen LogP contribution in [0.4, 0.5) is 10.1 Å². The first-order chi connectivity index (χ1) is 20.0. The van der Waals surface area contributed by atoms with E-state index in [4.69, 9.17) is 4.99 Å². The Morgan fingerprint density at radius 2 is 1.88 bits per heavy atom. The summed E-state index contributed by atoms with van der Waals surface area (Å²) >= 11 is 0. The summed E-state index contributed by atoms with van der Waals surface area (Å²) in [5.41, 5.74) is 3.19. The van der Waals surface area contributed by atoms with E-state index in [0.29, 0.717) is 58.9 Å². The zero-order chi connectivity index (χ0) is 29.8. The molecule has 0 amide bonds. The molecule has 1 aromatic heterocycles. The van der Waals surface area contributed by atoms with Gasteiger partial charge in [0.25, 0.3) is 5.56 Å². The zero-order valence-corrected chi connectivity index (χ0v) is 25.8. The third kappa shape index (κ3) is 5.46. The second-order valence-electron chi connectivity index (χ2n) is 13.8. The number of hydrogen-bond donors (Lipinski definition) is 2. The molecule has 2 N–H and O–H groups in total. The van der Waals surface area contributed by atoms with Gasteiger partial charge < -0.3 is 15.5 Å². The van der Waals surface area contributed by atoms with Crippen LogP contribution in [0.15, 0.2) is 52.5 Å². The number of fused-ring (bicyclic) bond motifs is 3. The lowest BCUT2D eigenvalue weighted by Gasteiger charge is -2.62. The van der Waals surface area contributed by atoms with E-state index < -0.39 is 0 Å². The Hall–Kier alpha value is -3.26. The molecule has 2 heterocycles. The van der Waals surface area contributed by atoms with Gasteiger partial charge in [0.1, 0.15) is 5.82 Å². The van der Waals surface area contributed by atoms with Crippen LogP contribution in [0.3, 0.4) is 0 Å². The van der Waals surface area contributed by atoms with Crippen molar-refractivity contribution in [2.75, 3.05) is 13.1 Å². The van der Waals surface area contributed by atoms with Gasteiger partial charge in [-0.1, -0.05) is 32.9 Å². The highest BCUT2D eigenvalue weighted by Gasteiger charge is 2.56. The van der Waals surface area contributed by atoms with Gasteiger partial charge in [-0.3, -0.25) is 9.36 Å². The standard InChI is InChI=1S/C34H45FN6O/c1-20-7-8-24(29(35)13-20)11-12-40-19-36-31-16-26(9-10-27(31)32(40)42)38-33(41-17-21(2)37-22(3)18-41)39-30-15-25-14-28(23(30)4)34(25,5)6/h7-10,13,16,19,21-23,25,28,30,37H,11-12,14-15,17-18H2,1-6H3,(H,38,39)/t21-,22+,23-,25+,28+,30+/m1/s1. The van der Waals surface area contributed by atoms with E-state index in [9.17, 15) is 9.18 Å². The second kappa shape index (κ2) is 11.1. The number of aliphatic imine (C=N–C) groups is 1. The van der Waals surface area contributed by atoms with Crippen LogP contribution in [0, 0.1) is 35.9 Å². The summed E-state index contributed by atoms with van der Waals surface area (Å²) in [5, 5.41) is 8.08. The number of piperazine rings is 1. The molecular weight excluding hydrogens is 527 g/mol. The highest BCUT2D eigenvalue weighted by molar-refractivity contribution is 5.86. The summed E-state index contributed by atoms with van der Waals surface area (Å²) in [4.78, 5) is 25.4. The van der Waals surface area contributed by atoms with Crippen molar-refractivity contribution >= 4 is 22.5 Å². The third-order valence-electron chi connectivity index (χ3n) is 10.4. The predicted molar refractivity (Wildman–Crippen MR) is 168 cm³/mol. The number of benzene rings is 2. The van der Waals surface area contributed by atoms with Gasteiger partial charge in [-0.2, -0.15) is 0 Å². The average molecular weight is 573 g/mol. The van der Waals surface area contributed by atoms with E-state index in [2.05, 4.69) is 55.1 Å². The molecule has 0 unspecified atom stereocenters. The molecule has 6 atom stereocenters. The molecular formula is C34H45FN6O. The second-order valence-corrected chi connectivity index (χ2v) is 13.8. The van der Waals surface area contributed by atoms with Crippen LogP contribution in [0.25, 0.3) is 10.9 Å². The molecule has 224 valence electrons. The monoisotopic (exact) mass is 572 g/mol. The van der Waals surface area contributed by atoms with Crippen molar-refractivity contribution in [1.29, 1.82) is 0 Å². The minimum atomic E-state index is -0.236. The zero-order valence-electron chi connectivity index (χ0n) is 25.8. The maximum absolute atomic E-state index is 14.3. The fourth-order valence-electron chi connectivity index (χ4n) is 7.79. The number of nitrogens with one attached hydrogen (secondary N) is 2. The first-order valence-electron chi connectivity index (χ1n) is 15.6. The number of nitrogens with zero attached hydrogens (tertiary/aromatic N) is 4. The van der Waals surface area contributed by atoms with Gasteiger partial charge in [-0.15, -0.1) is 0 Å². The highest BCUT2D eigenvalue weighted by Crippen LogP contribution is 2.61. The smallest absolute Gasteiger partial charge is 0.261 e. The first-order valence-corrected chi connectivity index (χ1v) is 15.6. The topological polar surface area (TPSA) is 74.6 Å². The predicted octanol–water partition coefficient (Wildman–Crippen LogP) is 5.42. The lowest BCUT2D eigenvalue weighted by atomic mass is 9.45. The van der Waals surface area contributed by atoms with Crippen molar-refractivity contribution < 1.29 is 4.39 Å². The Balaban J connectivity index is 1.26. The Bertz CT molecular complexity index is 1550. The molecule has 2 aromatic carbocycles. The number of hydrogen-bond acceptors (Lipinski definition) is 4. The van der Waals surface area contributed by atoms with Crippen LogP contribution in [-0.2, 0) is 13.0 Å². The van der Waals surface area contributed by atoms with Crippen LogP contribution in [0.1, 0.15) is 58.6 Å². The average Bonchev–Trinajstić information content (AvgIpc) is 2.93. The summed E-state index contributed by atoms with van der Waals surface area (Å²) in [6, 6.07) is 12.0. The Morgan fingerprint density at radius 3 is 2.57 bits per heavy atom. The van der Waals surface area contributed by atoms with Crippen molar-refractivity contribution in [3.8, 4) is 0 Å². The van der Waals surface area contributed by atoms with E-state index >= 15 is 0 Å². The maximum atomic E-state index is 14.3. The third-order valence-corrected chi connectivity index (χ3v) is 10.4. The lowest BCUT2D eigenvalue weighted by Crippen LogP contribution is -2.64. The summed E-state index contributed by atoms with van der Waals surface area (Å²) in [5.74, 6) is 2.76. The molecule has 42 heavy (non-hydrogen) atoms. The molecule has 1 saturated heterocycles. The molecule has 3 aliphatic carbocycles. The summed E-state index contributed by atoms with van der Waals surface area (Å²) in [6.07, 6.45) is 4.51. The van der Waals surface area contributed by atoms with Gasteiger partial charge in [0.2, 0.25) is 0 Å². The summed E-state index contributed by atoms with van der Waals surface area (Å²) in [6.45, 7) is 15.7. The molecule has 0 spiro atoms. The number of aromatic nitrogens is 2. The van der Waals surface area contributed by atoms with Crippen molar-refractivity contribution in [1.82, 2.24) is 25.1 Å². The van der Waals surface area contributed by atoms with Crippen molar-refractivity contribution in [3.05, 3.63) is 70.0 Å². The molecule has 3 saturated carbocycles.